The molecule has 0 bridgehead atoms. The highest BCUT2D eigenvalue weighted by molar-refractivity contribution is 7.20. The fourth-order valence-electron chi connectivity index (χ4n) is 3.37. The summed E-state index contributed by atoms with van der Waals surface area (Å²) < 4.78 is 6.48. The average molecular weight is 429 g/mol. The number of fused-ring (bicyclic) bond motifs is 1. The summed E-state index contributed by atoms with van der Waals surface area (Å²) >= 11 is 1.16. The van der Waals surface area contributed by atoms with Gasteiger partial charge < -0.3 is 15.8 Å². The molecule has 9 heteroatoms. The molecular weight excluding hydrogens is 404 g/mol. The van der Waals surface area contributed by atoms with Crippen LogP contribution in [0.5, 0.6) is 0 Å². The lowest BCUT2D eigenvalue weighted by molar-refractivity contribution is -0.121. The Balaban J connectivity index is 2.15. The van der Waals surface area contributed by atoms with E-state index in [-0.39, 0.29) is 11.5 Å². The minimum atomic E-state index is -0.817. The van der Waals surface area contributed by atoms with Crippen molar-refractivity contribution < 1.29 is 14.3 Å². The Labute approximate surface area is 177 Å². The van der Waals surface area contributed by atoms with E-state index in [9.17, 15) is 14.4 Å². The first-order valence-corrected chi connectivity index (χ1v) is 10.4. The number of carbonyl (C=O) groups is 2. The van der Waals surface area contributed by atoms with Gasteiger partial charge in [0.1, 0.15) is 16.7 Å². The predicted molar refractivity (Wildman–Crippen MR) is 117 cm³/mol. The Bertz CT molecular complexity index is 1140. The lowest BCUT2D eigenvalue weighted by Gasteiger charge is -2.19. The molecule has 3 N–H and O–H groups in total. The van der Waals surface area contributed by atoms with Crippen LogP contribution in [0.4, 0.5) is 5.69 Å². The number of aryl methyl sites for hydroxylation is 1. The molecule has 30 heavy (non-hydrogen) atoms. The van der Waals surface area contributed by atoms with Crippen molar-refractivity contribution in [3.8, 4) is 0 Å². The maximum absolute atomic E-state index is 13.4. The number of ether oxygens (including phenoxy) is 1. The first kappa shape index (κ1) is 21.7. The van der Waals surface area contributed by atoms with E-state index in [4.69, 9.17) is 10.5 Å². The number of amides is 2. The van der Waals surface area contributed by atoms with Gasteiger partial charge in [-0.1, -0.05) is 25.1 Å². The summed E-state index contributed by atoms with van der Waals surface area (Å²) in [6.07, 6.45) is 0.695. The molecule has 0 saturated carbocycles. The van der Waals surface area contributed by atoms with Crippen molar-refractivity contribution in [1.29, 1.82) is 0 Å². The van der Waals surface area contributed by atoms with Crippen LogP contribution in [-0.4, -0.2) is 35.1 Å². The number of para-hydroxylation sites is 1. The Morgan fingerprint density at radius 1 is 1.30 bits per heavy atom. The molecule has 8 nitrogen and oxygen atoms in total. The summed E-state index contributed by atoms with van der Waals surface area (Å²) in [4.78, 5) is 43.7. The summed E-state index contributed by atoms with van der Waals surface area (Å²) in [7, 11) is 1.55. The van der Waals surface area contributed by atoms with E-state index in [1.54, 1.807) is 33.1 Å². The number of primary amides is 1. The minimum absolute atomic E-state index is 0.312. The van der Waals surface area contributed by atoms with Gasteiger partial charge in [0.2, 0.25) is 5.91 Å². The molecule has 1 atom stereocenters. The summed E-state index contributed by atoms with van der Waals surface area (Å²) in [5.41, 5.74) is 6.37. The van der Waals surface area contributed by atoms with Gasteiger partial charge in [0, 0.05) is 19.2 Å². The van der Waals surface area contributed by atoms with Crippen LogP contribution < -0.4 is 16.6 Å². The number of nitrogens with zero attached hydrogens (tertiary/aromatic N) is 2. The zero-order valence-electron chi connectivity index (χ0n) is 17.1. The molecule has 1 unspecified atom stereocenters. The number of hydrogen-bond acceptors (Lipinski definition) is 6. The van der Waals surface area contributed by atoms with Crippen LogP contribution >= 0.6 is 11.3 Å². The molecule has 0 aliphatic heterocycles. The zero-order chi connectivity index (χ0) is 21.8. The van der Waals surface area contributed by atoms with Crippen molar-refractivity contribution >= 4 is 39.1 Å². The van der Waals surface area contributed by atoms with Crippen LogP contribution in [-0.2, 0) is 16.0 Å². The topological polar surface area (TPSA) is 116 Å². The Kier molecular flexibility index (Phi) is 6.63. The number of methoxy groups -OCH3 is 1. The molecule has 2 heterocycles. The minimum Gasteiger partial charge on any atom is -0.384 e. The highest BCUT2D eigenvalue weighted by Crippen LogP contribution is 2.29. The number of anilines is 1. The summed E-state index contributed by atoms with van der Waals surface area (Å²) in [5, 5.41) is 3.17. The molecule has 3 aromatic rings. The van der Waals surface area contributed by atoms with Gasteiger partial charge in [-0.3, -0.25) is 19.0 Å². The first-order chi connectivity index (χ1) is 14.4. The van der Waals surface area contributed by atoms with Crippen molar-refractivity contribution in [2.24, 2.45) is 5.73 Å². The summed E-state index contributed by atoms with van der Waals surface area (Å²) in [5.74, 6) is -0.501. The number of hydrogen-bond donors (Lipinski definition) is 2. The van der Waals surface area contributed by atoms with Crippen LogP contribution in [0.15, 0.2) is 35.1 Å². The van der Waals surface area contributed by atoms with Crippen LogP contribution in [0.2, 0.25) is 0 Å². The Morgan fingerprint density at radius 3 is 2.60 bits per heavy atom. The predicted octanol–water partition coefficient (Wildman–Crippen LogP) is 2.64. The van der Waals surface area contributed by atoms with E-state index in [1.165, 1.54) is 4.57 Å². The zero-order valence-corrected chi connectivity index (χ0v) is 17.9. The molecule has 0 aliphatic carbocycles. The normalized spacial score (nSPS) is 12.1. The van der Waals surface area contributed by atoms with Crippen molar-refractivity contribution in [2.75, 3.05) is 19.0 Å². The van der Waals surface area contributed by atoms with E-state index >= 15 is 0 Å². The van der Waals surface area contributed by atoms with Gasteiger partial charge in [-0.25, -0.2) is 4.98 Å². The van der Waals surface area contributed by atoms with Crippen LogP contribution in [0.25, 0.3) is 10.2 Å². The number of carbonyl (C=O) groups excluding carboxylic acids is 2. The molecule has 2 aromatic heterocycles. The van der Waals surface area contributed by atoms with E-state index in [0.29, 0.717) is 51.6 Å². The number of nitrogens with two attached hydrogens (primary N) is 1. The third-order valence-electron chi connectivity index (χ3n) is 4.86. The van der Waals surface area contributed by atoms with Crippen LogP contribution in [0, 0.1) is 6.92 Å². The van der Waals surface area contributed by atoms with Crippen molar-refractivity contribution in [2.45, 2.75) is 32.7 Å². The molecule has 1 aromatic carbocycles. The summed E-state index contributed by atoms with van der Waals surface area (Å²) in [6, 6.07) is 8.26. The van der Waals surface area contributed by atoms with E-state index in [2.05, 4.69) is 10.3 Å². The van der Waals surface area contributed by atoms with Crippen molar-refractivity contribution in [3.05, 3.63) is 57.0 Å². The molecule has 0 spiro atoms. The average Bonchev–Trinajstić information content (AvgIpc) is 3.06. The van der Waals surface area contributed by atoms with Gasteiger partial charge in [-0.15, -0.1) is 11.3 Å². The molecule has 0 aliphatic rings. The fourth-order valence-corrected chi connectivity index (χ4v) is 4.45. The third kappa shape index (κ3) is 4.12. The molecule has 2 amide bonds. The highest BCUT2D eigenvalue weighted by Gasteiger charge is 2.26. The first-order valence-electron chi connectivity index (χ1n) is 9.58. The smallest absolute Gasteiger partial charge is 0.266 e. The summed E-state index contributed by atoms with van der Waals surface area (Å²) in [6.45, 7) is 3.83. The molecule has 0 fully saturated rings. The molecular formula is C21H24N4O4S. The van der Waals surface area contributed by atoms with Crippen molar-refractivity contribution in [1.82, 2.24) is 9.55 Å². The molecule has 0 saturated heterocycles. The number of thiophene rings is 1. The lowest BCUT2D eigenvalue weighted by atomic mass is 10.1. The second-order valence-electron chi connectivity index (χ2n) is 6.83. The van der Waals surface area contributed by atoms with E-state index in [1.807, 2.05) is 18.2 Å². The van der Waals surface area contributed by atoms with Crippen LogP contribution in [0.1, 0.15) is 40.4 Å². The lowest BCUT2D eigenvalue weighted by Crippen LogP contribution is -2.36. The molecule has 158 valence electrons. The Morgan fingerprint density at radius 2 is 2.00 bits per heavy atom. The standard InChI is InChI=1S/C21H24N4O4S/c1-4-14(18(22)26)25-15(10-11-29-3)24-20-16(21(25)28)12(2)17(30-20)19(27)23-13-8-6-5-7-9-13/h5-9,14H,4,10-11H2,1-3H3,(H2,22,26)(H,23,27). The fraction of sp³-hybridized carbons (Fsp3) is 0.333. The van der Waals surface area contributed by atoms with Gasteiger partial charge in [0.25, 0.3) is 11.5 Å². The second-order valence-corrected chi connectivity index (χ2v) is 7.83. The monoisotopic (exact) mass is 428 g/mol. The number of benzene rings is 1. The van der Waals surface area contributed by atoms with Gasteiger partial charge >= 0.3 is 0 Å². The largest absolute Gasteiger partial charge is 0.384 e. The van der Waals surface area contributed by atoms with Gasteiger partial charge in [0.15, 0.2) is 0 Å². The van der Waals surface area contributed by atoms with Crippen LogP contribution in [0.3, 0.4) is 0 Å². The van der Waals surface area contributed by atoms with Crippen molar-refractivity contribution in [3.63, 3.8) is 0 Å². The van der Waals surface area contributed by atoms with Gasteiger partial charge in [0.05, 0.1) is 16.9 Å². The molecule has 0 radical (unpaired) electrons. The number of aromatic nitrogens is 2. The maximum Gasteiger partial charge on any atom is 0.266 e. The quantitative estimate of drug-likeness (QED) is 0.572. The number of nitrogens with one attached hydrogen (secondary N) is 1. The Hall–Kier alpha value is -3.04. The van der Waals surface area contributed by atoms with Gasteiger partial charge in [-0.05, 0) is 31.0 Å². The third-order valence-corrected chi connectivity index (χ3v) is 6.05. The highest BCUT2D eigenvalue weighted by atomic mass is 32.1. The maximum atomic E-state index is 13.4. The SMILES string of the molecule is CCC(C(N)=O)n1c(CCOC)nc2sc(C(=O)Nc3ccccc3)c(C)c2c1=O. The molecule has 3 rings (SSSR count). The van der Waals surface area contributed by atoms with E-state index in [0.717, 1.165) is 11.3 Å². The second kappa shape index (κ2) is 9.19. The number of rotatable bonds is 8. The van der Waals surface area contributed by atoms with E-state index < -0.39 is 11.9 Å². The van der Waals surface area contributed by atoms with Gasteiger partial charge in [-0.2, -0.15) is 0 Å².